The van der Waals surface area contributed by atoms with Crippen LogP contribution in [-0.4, -0.2) is 35.5 Å². The van der Waals surface area contributed by atoms with Crippen molar-refractivity contribution in [2.24, 2.45) is 7.05 Å². The van der Waals surface area contributed by atoms with E-state index in [0.29, 0.717) is 30.3 Å². The van der Waals surface area contributed by atoms with Gasteiger partial charge in [0, 0.05) is 31.7 Å². The minimum atomic E-state index is -0.0999. The maximum absolute atomic E-state index is 13.1. The van der Waals surface area contributed by atoms with Gasteiger partial charge in [-0.25, -0.2) is 9.97 Å². The SMILES string of the molecule is Cc1cc(C)c2c(n1)CN(C(=O)c1nc(-c3ccn(C)n3)ncc1C)C2. The van der Waals surface area contributed by atoms with E-state index >= 15 is 0 Å². The van der Waals surface area contributed by atoms with Crippen LogP contribution in [0, 0.1) is 20.8 Å². The Hall–Kier alpha value is -3.09. The topological polar surface area (TPSA) is 76.8 Å². The van der Waals surface area contributed by atoms with Crippen LogP contribution in [0.2, 0.25) is 0 Å². The van der Waals surface area contributed by atoms with E-state index in [1.807, 2.05) is 33.2 Å². The van der Waals surface area contributed by atoms with Gasteiger partial charge in [-0.2, -0.15) is 5.10 Å². The Labute approximate surface area is 151 Å². The minimum Gasteiger partial charge on any atom is -0.327 e. The molecule has 0 spiro atoms. The van der Waals surface area contributed by atoms with E-state index < -0.39 is 0 Å². The number of aromatic nitrogens is 5. The zero-order valence-electron chi connectivity index (χ0n) is 15.3. The smallest absolute Gasteiger partial charge is 0.273 e. The molecular weight excluding hydrogens is 328 g/mol. The van der Waals surface area contributed by atoms with Crippen molar-refractivity contribution in [3.63, 3.8) is 0 Å². The normalized spacial score (nSPS) is 13.2. The molecule has 0 aromatic carbocycles. The number of rotatable bonds is 2. The maximum atomic E-state index is 13.1. The van der Waals surface area contributed by atoms with E-state index in [1.54, 1.807) is 15.8 Å². The molecule has 132 valence electrons. The molecule has 0 aliphatic carbocycles. The highest BCUT2D eigenvalue weighted by molar-refractivity contribution is 5.94. The van der Waals surface area contributed by atoms with Gasteiger partial charge in [0.15, 0.2) is 5.82 Å². The summed E-state index contributed by atoms with van der Waals surface area (Å²) in [5.74, 6) is 0.360. The summed E-state index contributed by atoms with van der Waals surface area (Å²) < 4.78 is 1.69. The molecule has 3 aromatic heterocycles. The van der Waals surface area contributed by atoms with E-state index in [2.05, 4.69) is 33.0 Å². The Morgan fingerprint density at radius 3 is 2.65 bits per heavy atom. The van der Waals surface area contributed by atoms with Crippen molar-refractivity contribution < 1.29 is 4.79 Å². The summed E-state index contributed by atoms with van der Waals surface area (Å²) in [5, 5.41) is 4.32. The summed E-state index contributed by atoms with van der Waals surface area (Å²) in [7, 11) is 1.84. The van der Waals surface area contributed by atoms with Crippen LogP contribution in [-0.2, 0) is 20.1 Å². The number of hydrogen-bond acceptors (Lipinski definition) is 5. The fourth-order valence-electron chi connectivity index (χ4n) is 3.32. The first-order chi connectivity index (χ1) is 12.4. The van der Waals surface area contributed by atoms with E-state index in [-0.39, 0.29) is 5.91 Å². The maximum Gasteiger partial charge on any atom is 0.273 e. The van der Waals surface area contributed by atoms with Crippen molar-refractivity contribution in [2.75, 3.05) is 0 Å². The third-order valence-corrected chi connectivity index (χ3v) is 4.65. The first kappa shape index (κ1) is 16.4. The highest BCUT2D eigenvalue weighted by atomic mass is 16.2. The Balaban J connectivity index is 1.66. The van der Waals surface area contributed by atoms with Crippen LogP contribution >= 0.6 is 0 Å². The predicted molar refractivity (Wildman–Crippen MR) is 96.3 cm³/mol. The molecule has 0 atom stereocenters. The van der Waals surface area contributed by atoms with Crippen LogP contribution in [0.15, 0.2) is 24.5 Å². The number of nitrogens with zero attached hydrogens (tertiary/aromatic N) is 6. The summed E-state index contributed by atoms with van der Waals surface area (Å²) in [5.41, 5.74) is 6.10. The Bertz CT molecular complexity index is 1020. The number of hydrogen-bond donors (Lipinski definition) is 0. The number of carbonyl (C=O) groups is 1. The Morgan fingerprint density at radius 2 is 1.92 bits per heavy atom. The molecular formula is C19H20N6O. The molecule has 0 fully saturated rings. The molecule has 0 unspecified atom stereocenters. The molecule has 3 aromatic rings. The molecule has 0 radical (unpaired) electrons. The largest absolute Gasteiger partial charge is 0.327 e. The second-order valence-electron chi connectivity index (χ2n) is 6.77. The van der Waals surface area contributed by atoms with Crippen LogP contribution in [0.1, 0.15) is 38.6 Å². The molecule has 0 saturated carbocycles. The molecule has 7 nitrogen and oxygen atoms in total. The lowest BCUT2D eigenvalue weighted by Gasteiger charge is -2.16. The first-order valence-corrected chi connectivity index (χ1v) is 8.51. The highest BCUT2D eigenvalue weighted by Crippen LogP contribution is 2.26. The van der Waals surface area contributed by atoms with E-state index in [1.165, 1.54) is 5.56 Å². The molecule has 7 heteroatoms. The van der Waals surface area contributed by atoms with Crippen LogP contribution in [0.3, 0.4) is 0 Å². The molecule has 0 bridgehead atoms. The lowest BCUT2D eigenvalue weighted by Crippen LogP contribution is -2.27. The fraction of sp³-hybridized carbons (Fsp3) is 0.316. The number of amides is 1. The van der Waals surface area contributed by atoms with Crippen molar-refractivity contribution >= 4 is 5.91 Å². The van der Waals surface area contributed by atoms with Gasteiger partial charge in [-0.15, -0.1) is 0 Å². The molecule has 0 saturated heterocycles. The standard InChI is InChI=1S/C19H20N6O/c1-11-7-13(3)21-16-10-25(9-14(11)16)19(26)17-12(2)8-20-18(22-17)15-5-6-24(4)23-15/h5-8H,9-10H2,1-4H3. The number of fused-ring (bicyclic) bond motifs is 1. The van der Waals surface area contributed by atoms with Gasteiger partial charge in [-0.05, 0) is 49.6 Å². The number of carbonyl (C=O) groups excluding carboxylic acids is 1. The summed E-state index contributed by atoms with van der Waals surface area (Å²) in [4.78, 5) is 28.3. The van der Waals surface area contributed by atoms with Crippen molar-refractivity contribution in [1.29, 1.82) is 0 Å². The average molecular weight is 348 g/mol. The van der Waals surface area contributed by atoms with Crippen LogP contribution in [0.4, 0.5) is 0 Å². The zero-order chi connectivity index (χ0) is 18.4. The van der Waals surface area contributed by atoms with Crippen molar-refractivity contribution in [2.45, 2.75) is 33.9 Å². The second-order valence-corrected chi connectivity index (χ2v) is 6.77. The summed E-state index contributed by atoms with van der Waals surface area (Å²) in [6, 6.07) is 3.89. The Morgan fingerprint density at radius 1 is 1.12 bits per heavy atom. The number of aryl methyl sites for hydroxylation is 4. The van der Waals surface area contributed by atoms with Gasteiger partial charge in [0.05, 0.1) is 12.2 Å². The lowest BCUT2D eigenvalue weighted by molar-refractivity contribution is 0.0743. The van der Waals surface area contributed by atoms with Crippen LogP contribution in [0.5, 0.6) is 0 Å². The van der Waals surface area contributed by atoms with Gasteiger partial charge in [0.25, 0.3) is 5.91 Å². The molecule has 4 heterocycles. The third kappa shape index (κ3) is 2.75. The molecule has 1 aliphatic rings. The van der Waals surface area contributed by atoms with Gasteiger partial charge in [-0.3, -0.25) is 14.5 Å². The van der Waals surface area contributed by atoms with Gasteiger partial charge >= 0.3 is 0 Å². The van der Waals surface area contributed by atoms with Crippen molar-refractivity contribution in [3.05, 3.63) is 58.3 Å². The minimum absolute atomic E-state index is 0.0999. The van der Waals surface area contributed by atoms with Gasteiger partial charge in [0.2, 0.25) is 0 Å². The third-order valence-electron chi connectivity index (χ3n) is 4.65. The van der Waals surface area contributed by atoms with Crippen LogP contribution in [0.25, 0.3) is 11.5 Å². The molecule has 1 aliphatic heterocycles. The fourth-order valence-corrected chi connectivity index (χ4v) is 3.32. The van der Waals surface area contributed by atoms with E-state index in [0.717, 1.165) is 22.5 Å². The predicted octanol–water partition coefficient (Wildman–Crippen LogP) is 2.35. The van der Waals surface area contributed by atoms with E-state index in [4.69, 9.17) is 0 Å². The molecule has 26 heavy (non-hydrogen) atoms. The first-order valence-electron chi connectivity index (χ1n) is 8.51. The van der Waals surface area contributed by atoms with Crippen LogP contribution < -0.4 is 0 Å². The van der Waals surface area contributed by atoms with Gasteiger partial charge in [0.1, 0.15) is 11.4 Å². The second kappa shape index (κ2) is 6.01. The lowest BCUT2D eigenvalue weighted by atomic mass is 10.1. The summed E-state index contributed by atoms with van der Waals surface area (Å²) in [6.07, 6.45) is 3.51. The van der Waals surface area contributed by atoms with Gasteiger partial charge < -0.3 is 4.90 Å². The average Bonchev–Trinajstić information content (AvgIpc) is 3.21. The van der Waals surface area contributed by atoms with E-state index in [9.17, 15) is 4.79 Å². The monoisotopic (exact) mass is 348 g/mol. The molecule has 4 rings (SSSR count). The van der Waals surface area contributed by atoms with Gasteiger partial charge in [-0.1, -0.05) is 0 Å². The van der Waals surface area contributed by atoms with Crippen molar-refractivity contribution in [3.8, 4) is 11.5 Å². The molecule has 1 amide bonds. The summed E-state index contributed by atoms with van der Waals surface area (Å²) >= 11 is 0. The highest BCUT2D eigenvalue weighted by Gasteiger charge is 2.29. The zero-order valence-corrected chi connectivity index (χ0v) is 15.3. The quantitative estimate of drug-likeness (QED) is 0.710. The molecule has 0 N–H and O–H groups in total. The Kier molecular flexibility index (Phi) is 3.79. The number of pyridine rings is 1. The van der Waals surface area contributed by atoms with Crippen molar-refractivity contribution in [1.82, 2.24) is 29.6 Å². The summed E-state index contributed by atoms with van der Waals surface area (Å²) in [6.45, 7) is 6.98.